The SMILES string of the molecule is CCNC(=NCC(C)CN1CCCC1)NCCc1cccc(F)c1. The molecule has 1 fully saturated rings. The predicted octanol–water partition coefficient (Wildman–Crippen LogP) is 2.66. The molecule has 0 amide bonds. The molecule has 1 aromatic carbocycles. The van der Waals surface area contributed by atoms with Crippen molar-refractivity contribution in [3.63, 3.8) is 0 Å². The van der Waals surface area contributed by atoms with Crippen molar-refractivity contribution in [2.24, 2.45) is 10.9 Å². The lowest BCUT2D eigenvalue weighted by atomic mass is 10.1. The Balaban J connectivity index is 1.74. The molecule has 1 aliphatic heterocycles. The second-order valence-corrected chi connectivity index (χ2v) is 6.64. The summed E-state index contributed by atoms with van der Waals surface area (Å²) in [7, 11) is 0. The lowest BCUT2D eigenvalue weighted by Crippen LogP contribution is -2.39. The van der Waals surface area contributed by atoms with Gasteiger partial charge in [-0.3, -0.25) is 4.99 Å². The monoisotopic (exact) mass is 334 g/mol. The van der Waals surface area contributed by atoms with Gasteiger partial charge in [-0.1, -0.05) is 19.1 Å². The summed E-state index contributed by atoms with van der Waals surface area (Å²) < 4.78 is 13.2. The maximum Gasteiger partial charge on any atom is 0.191 e. The lowest BCUT2D eigenvalue weighted by Gasteiger charge is -2.19. The molecule has 4 nitrogen and oxygen atoms in total. The van der Waals surface area contributed by atoms with Crippen LogP contribution in [0.2, 0.25) is 0 Å². The van der Waals surface area contributed by atoms with Gasteiger partial charge in [0.15, 0.2) is 5.96 Å². The third kappa shape index (κ3) is 6.87. The molecule has 1 aliphatic rings. The van der Waals surface area contributed by atoms with Gasteiger partial charge in [-0.15, -0.1) is 0 Å². The van der Waals surface area contributed by atoms with Gasteiger partial charge in [0, 0.05) is 26.2 Å². The van der Waals surface area contributed by atoms with Gasteiger partial charge in [0.25, 0.3) is 0 Å². The summed E-state index contributed by atoms with van der Waals surface area (Å²) in [4.78, 5) is 7.23. The average Bonchev–Trinajstić information content (AvgIpc) is 3.05. The summed E-state index contributed by atoms with van der Waals surface area (Å²) in [6.07, 6.45) is 3.45. The van der Waals surface area contributed by atoms with Crippen molar-refractivity contribution in [1.82, 2.24) is 15.5 Å². The van der Waals surface area contributed by atoms with Crippen molar-refractivity contribution < 1.29 is 4.39 Å². The van der Waals surface area contributed by atoms with Crippen molar-refractivity contribution in [3.05, 3.63) is 35.6 Å². The van der Waals surface area contributed by atoms with Crippen LogP contribution in [0.5, 0.6) is 0 Å². The maximum atomic E-state index is 13.2. The summed E-state index contributed by atoms with van der Waals surface area (Å²) in [6, 6.07) is 6.77. The second kappa shape index (κ2) is 10.3. The molecule has 24 heavy (non-hydrogen) atoms. The van der Waals surface area contributed by atoms with Crippen LogP contribution >= 0.6 is 0 Å². The van der Waals surface area contributed by atoms with Crippen LogP contribution in [-0.2, 0) is 6.42 Å². The minimum atomic E-state index is -0.177. The lowest BCUT2D eigenvalue weighted by molar-refractivity contribution is 0.291. The number of likely N-dealkylation sites (tertiary alicyclic amines) is 1. The molecule has 1 atom stereocenters. The van der Waals surface area contributed by atoms with Crippen LogP contribution in [0, 0.1) is 11.7 Å². The minimum absolute atomic E-state index is 0.177. The van der Waals surface area contributed by atoms with E-state index in [1.54, 1.807) is 12.1 Å². The van der Waals surface area contributed by atoms with Gasteiger partial charge >= 0.3 is 0 Å². The number of nitrogens with zero attached hydrogens (tertiary/aromatic N) is 2. The molecule has 0 bridgehead atoms. The number of halogens is 1. The Hall–Kier alpha value is -1.62. The zero-order valence-electron chi connectivity index (χ0n) is 15.0. The molecule has 0 saturated carbocycles. The fraction of sp³-hybridized carbons (Fsp3) is 0.632. The van der Waals surface area contributed by atoms with E-state index < -0.39 is 0 Å². The van der Waals surface area contributed by atoms with Crippen LogP contribution in [0.3, 0.4) is 0 Å². The molecule has 134 valence electrons. The Morgan fingerprint density at radius 1 is 1.29 bits per heavy atom. The van der Waals surface area contributed by atoms with Gasteiger partial charge in [0.2, 0.25) is 0 Å². The van der Waals surface area contributed by atoms with E-state index in [1.807, 2.05) is 6.07 Å². The van der Waals surface area contributed by atoms with E-state index in [9.17, 15) is 4.39 Å². The second-order valence-electron chi connectivity index (χ2n) is 6.64. The molecule has 1 aromatic rings. The third-order valence-corrected chi connectivity index (χ3v) is 4.27. The van der Waals surface area contributed by atoms with Crippen molar-refractivity contribution >= 4 is 5.96 Å². The first-order chi connectivity index (χ1) is 11.7. The molecule has 1 unspecified atom stereocenters. The fourth-order valence-electron chi connectivity index (χ4n) is 3.07. The first-order valence-corrected chi connectivity index (χ1v) is 9.16. The zero-order chi connectivity index (χ0) is 17.2. The van der Waals surface area contributed by atoms with Crippen LogP contribution in [0.4, 0.5) is 4.39 Å². The summed E-state index contributed by atoms with van der Waals surface area (Å²) in [5.41, 5.74) is 1.00. The topological polar surface area (TPSA) is 39.7 Å². The van der Waals surface area contributed by atoms with Crippen molar-refractivity contribution in [1.29, 1.82) is 0 Å². The Morgan fingerprint density at radius 2 is 2.08 bits per heavy atom. The standard InChI is InChI=1S/C19H31FN4/c1-3-21-19(22-10-9-17-7-6-8-18(20)13-17)23-14-16(2)15-24-11-4-5-12-24/h6-8,13,16H,3-5,9-12,14-15H2,1-2H3,(H2,21,22,23). The molecule has 2 rings (SSSR count). The zero-order valence-corrected chi connectivity index (χ0v) is 15.0. The molecule has 5 heteroatoms. The smallest absolute Gasteiger partial charge is 0.191 e. The quantitative estimate of drug-likeness (QED) is 0.567. The van der Waals surface area contributed by atoms with Crippen molar-refractivity contribution in [2.45, 2.75) is 33.1 Å². The van der Waals surface area contributed by atoms with Crippen LogP contribution in [0.1, 0.15) is 32.3 Å². The number of guanidine groups is 1. The summed E-state index contributed by atoms with van der Waals surface area (Å²) in [5.74, 6) is 1.23. The Labute approximate surface area is 145 Å². The van der Waals surface area contributed by atoms with E-state index >= 15 is 0 Å². The number of rotatable bonds is 8. The number of hydrogen-bond donors (Lipinski definition) is 2. The first kappa shape index (κ1) is 18.7. The van der Waals surface area contributed by atoms with E-state index in [2.05, 4.69) is 29.4 Å². The average molecular weight is 334 g/mol. The maximum absolute atomic E-state index is 13.2. The number of nitrogens with one attached hydrogen (secondary N) is 2. The highest BCUT2D eigenvalue weighted by atomic mass is 19.1. The first-order valence-electron chi connectivity index (χ1n) is 9.16. The molecule has 0 aliphatic carbocycles. The molecule has 0 aromatic heterocycles. The van der Waals surface area contributed by atoms with E-state index in [1.165, 1.54) is 32.0 Å². The van der Waals surface area contributed by atoms with Crippen molar-refractivity contribution in [2.75, 3.05) is 39.3 Å². The van der Waals surface area contributed by atoms with E-state index in [0.29, 0.717) is 5.92 Å². The fourth-order valence-corrected chi connectivity index (χ4v) is 3.07. The van der Waals surface area contributed by atoms with Gasteiger partial charge in [0.1, 0.15) is 5.82 Å². The van der Waals surface area contributed by atoms with Crippen LogP contribution in [-0.4, -0.2) is 50.1 Å². The van der Waals surface area contributed by atoms with Crippen LogP contribution in [0.15, 0.2) is 29.3 Å². The highest BCUT2D eigenvalue weighted by molar-refractivity contribution is 5.79. The Morgan fingerprint density at radius 3 is 2.79 bits per heavy atom. The summed E-state index contributed by atoms with van der Waals surface area (Å²) in [6.45, 7) is 10.3. The predicted molar refractivity (Wildman–Crippen MR) is 98.9 cm³/mol. The van der Waals surface area contributed by atoms with Gasteiger partial charge in [0.05, 0.1) is 0 Å². The number of hydrogen-bond acceptors (Lipinski definition) is 2. The molecule has 2 N–H and O–H groups in total. The third-order valence-electron chi connectivity index (χ3n) is 4.27. The molecule has 1 heterocycles. The van der Waals surface area contributed by atoms with E-state index in [4.69, 9.17) is 4.99 Å². The highest BCUT2D eigenvalue weighted by Crippen LogP contribution is 2.10. The number of aliphatic imine (C=N–C) groups is 1. The Bertz CT molecular complexity index is 512. The van der Waals surface area contributed by atoms with Gasteiger partial charge in [-0.25, -0.2) is 4.39 Å². The van der Waals surface area contributed by atoms with Gasteiger partial charge in [-0.2, -0.15) is 0 Å². The molecular weight excluding hydrogens is 303 g/mol. The van der Waals surface area contributed by atoms with Crippen LogP contribution < -0.4 is 10.6 Å². The summed E-state index contributed by atoms with van der Waals surface area (Å²) in [5, 5.41) is 6.62. The number of benzene rings is 1. The van der Waals surface area contributed by atoms with E-state index in [0.717, 1.165) is 44.1 Å². The molecule has 1 saturated heterocycles. The molecule has 0 spiro atoms. The van der Waals surface area contributed by atoms with E-state index in [-0.39, 0.29) is 5.82 Å². The van der Waals surface area contributed by atoms with Crippen LogP contribution in [0.25, 0.3) is 0 Å². The van der Waals surface area contributed by atoms with Crippen molar-refractivity contribution in [3.8, 4) is 0 Å². The minimum Gasteiger partial charge on any atom is -0.357 e. The Kier molecular flexibility index (Phi) is 8.02. The van der Waals surface area contributed by atoms with Gasteiger partial charge in [-0.05, 0) is 62.9 Å². The summed E-state index contributed by atoms with van der Waals surface area (Å²) >= 11 is 0. The highest BCUT2D eigenvalue weighted by Gasteiger charge is 2.14. The molecule has 0 radical (unpaired) electrons. The largest absolute Gasteiger partial charge is 0.357 e. The van der Waals surface area contributed by atoms with Gasteiger partial charge < -0.3 is 15.5 Å². The molecular formula is C19H31FN4. The normalized spacial score (nSPS) is 17.0.